The molecule has 0 amide bonds. The second kappa shape index (κ2) is 14.7. The summed E-state index contributed by atoms with van der Waals surface area (Å²) in [5, 5.41) is 33.5. The van der Waals surface area contributed by atoms with Crippen LogP contribution in [-0.2, 0) is 0 Å². The molecule has 15 nitrogen and oxygen atoms in total. The number of nitrogens with one attached hydrogen (secondary N) is 4. The minimum Gasteiger partial charge on any atom is -0.495 e. The van der Waals surface area contributed by atoms with Gasteiger partial charge in [-0.05, 0) is 75.3 Å². The first-order valence-electron chi connectivity index (χ1n) is 19.9. The first-order valence-corrected chi connectivity index (χ1v) is 19.9. The van der Waals surface area contributed by atoms with Crippen LogP contribution in [0, 0.1) is 23.1 Å². The van der Waals surface area contributed by atoms with Gasteiger partial charge in [-0.25, -0.2) is 37.7 Å². The number of anilines is 2. The lowest BCUT2D eigenvalue weighted by molar-refractivity contribution is 0.192. The van der Waals surface area contributed by atoms with Gasteiger partial charge in [-0.15, -0.1) is 0 Å². The Kier molecular flexibility index (Phi) is 9.24. The number of nitrogens with zero attached hydrogens (tertiary/aromatic N) is 9. The first kappa shape index (κ1) is 36.4. The molecule has 0 aromatic carbocycles. The van der Waals surface area contributed by atoms with Gasteiger partial charge in [-0.1, -0.05) is 0 Å². The molecule has 10 rings (SSSR count). The zero-order chi connectivity index (χ0) is 39.5. The van der Waals surface area contributed by atoms with Gasteiger partial charge in [0.2, 0.25) is 0 Å². The predicted molar refractivity (Wildman–Crippen MR) is 211 cm³/mol. The molecule has 4 fully saturated rings. The number of alkyl halides is 1. The van der Waals surface area contributed by atoms with Crippen molar-refractivity contribution in [1.82, 2.24) is 49.8 Å². The number of methoxy groups -OCH3 is 2. The standard InChI is InChI=1S/C41H43F2N13O2/c1-57-32-14-36-47-19-30(55(36)53-39(32)21-5-6-21)38-22(16-44)7-9-35(51-38)50-29-18-46-28(13-27(29)43)24-12-25(24)40-33(58-2)15-37-48-20-31(56(37)54-40)41-26(42)8-10-34(52-41)49-23-4-3-11-45-17-23/h7-10,14-15,19-21,23-25,27-29,45-46H,3-6,11-13,17-18H2,1-2H3,(H,49,52)(H,50,51)/t23-,24?,25?,27-,28?,29-/m0/s1. The molecule has 0 radical (unpaired) electrons. The van der Waals surface area contributed by atoms with Crippen LogP contribution in [0.1, 0.15) is 67.3 Å². The summed E-state index contributed by atoms with van der Waals surface area (Å²) in [6.45, 7) is 2.18. The van der Waals surface area contributed by atoms with Crippen LogP contribution < -0.4 is 30.7 Å². The van der Waals surface area contributed by atoms with Crippen LogP contribution in [0.15, 0.2) is 48.8 Å². The van der Waals surface area contributed by atoms with Crippen LogP contribution in [0.2, 0.25) is 0 Å². The highest BCUT2D eigenvalue weighted by Crippen LogP contribution is 2.53. The maximum atomic E-state index is 16.1. The summed E-state index contributed by atoms with van der Waals surface area (Å²) in [6, 6.07) is 11.9. The van der Waals surface area contributed by atoms with Crippen molar-refractivity contribution >= 4 is 22.9 Å². The van der Waals surface area contributed by atoms with Gasteiger partial charge in [0.05, 0.1) is 38.2 Å². The minimum absolute atomic E-state index is 0.00987. The van der Waals surface area contributed by atoms with E-state index in [1.807, 2.05) is 12.1 Å². The van der Waals surface area contributed by atoms with Gasteiger partial charge < -0.3 is 30.7 Å². The van der Waals surface area contributed by atoms with E-state index in [1.165, 1.54) is 6.07 Å². The van der Waals surface area contributed by atoms with Crippen molar-refractivity contribution in [1.29, 1.82) is 5.26 Å². The molecule has 4 aliphatic rings. The molecule has 8 heterocycles. The molecule has 298 valence electrons. The van der Waals surface area contributed by atoms with Gasteiger partial charge in [0.1, 0.15) is 69.5 Å². The summed E-state index contributed by atoms with van der Waals surface area (Å²) >= 11 is 0. The lowest BCUT2D eigenvalue weighted by atomic mass is 9.94. The third kappa shape index (κ3) is 6.69. The van der Waals surface area contributed by atoms with Crippen molar-refractivity contribution in [3.8, 4) is 40.3 Å². The average molecular weight is 788 g/mol. The smallest absolute Gasteiger partial charge is 0.157 e. The molecule has 2 saturated heterocycles. The van der Waals surface area contributed by atoms with E-state index in [0.717, 1.165) is 56.6 Å². The molecule has 0 bridgehead atoms. The average Bonchev–Trinajstić information content (AvgIpc) is 4.18. The Morgan fingerprint density at radius 2 is 1.53 bits per heavy atom. The Balaban J connectivity index is 0.845. The van der Waals surface area contributed by atoms with E-state index < -0.39 is 18.0 Å². The van der Waals surface area contributed by atoms with Crippen molar-refractivity contribution in [2.75, 3.05) is 44.5 Å². The molecule has 6 aromatic heterocycles. The number of pyridine rings is 2. The molecule has 6 aromatic rings. The highest BCUT2D eigenvalue weighted by molar-refractivity contribution is 5.69. The van der Waals surface area contributed by atoms with Crippen LogP contribution in [-0.4, -0.2) is 97.3 Å². The zero-order valence-electron chi connectivity index (χ0n) is 32.1. The summed E-state index contributed by atoms with van der Waals surface area (Å²) in [7, 11) is 3.22. The van der Waals surface area contributed by atoms with E-state index in [4.69, 9.17) is 24.7 Å². The SMILES string of the molecule is COc1cc2ncc(-c3nc(N[C@H]4CNC(C5CC5c5nn6c(-c7nc(N[C@H]8CCCNC8)ccc7F)cnc6cc5OC)C[C@@H]4F)ccc3C#N)n2nc1C1CC1. The second-order valence-corrected chi connectivity index (χ2v) is 15.7. The summed E-state index contributed by atoms with van der Waals surface area (Å²) in [4.78, 5) is 18.5. The molecule has 4 N–H and O–H groups in total. The van der Waals surface area contributed by atoms with E-state index in [2.05, 4.69) is 42.3 Å². The fraction of sp³-hybridized carbons (Fsp3) is 0.439. The fourth-order valence-corrected chi connectivity index (χ4v) is 8.61. The van der Waals surface area contributed by atoms with Crippen LogP contribution in [0.3, 0.4) is 0 Å². The van der Waals surface area contributed by atoms with Gasteiger partial charge in [-0.2, -0.15) is 15.5 Å². The van der Waals surface area contributed by atoms with Crippen molar-refractivity contribution in [2.45, 2.75) is 74.7 Å². The molecular weight excluding hydrogens is 745 g/mol. The minimum atomic E-state index is -1.17. The van der Waals surface area contributed by atoms with Gasteiger partial charge in [0.25, 0.3) is 0 Å². The van der Waals surface area contributed by atoms with Crippen molar-refractivity contribution in [3.63, 3.8) is 0 Å². The lowest BCUT2D eigenvalue weighted by Crippen LogP contribution is -2.52. The summed E-state index contributed by atoms with van der Waals surface area (Å²) in [5.41, 5.74) is 4.62. The molecule has 0 spiro atoms. The van der Waals surface area contributed by atoms with E-state index in [1.54, 1.807) is 53.8 Å². The van der Waals surface area contributed by atoms with Crippen molar-refractivity contribution in [3.05, 3.63) is 71.6 Å². The van der Waals surface area contributed by atoms with Crippen LogP contribution in [0.25, 0.3) is 34.1 Å². The Morgan fingerprint density at radius 1 is 0.845 bits per heavy atom. The van der Waals surface area contributed by atoms with Crippen LogP contribution in [0.4, 0.5) is 20.4 Å². The second-order valence-electron chi connectivity index (χ2n) is 15.7. The quantitative estimate of drug-likeness (QED) is 0.134. The molecular formula is C41H43F2N13O2. The van der Waals surface area contributed by atoms with E-state index >= 15 is 8.78 Å². The Morgan fingerprint density at radius 3 is 2.22 bits per heavy atom. The number of fused-ring (bicyclic) bond motifs is 2. The number of halogens is 2. The summed E-state index contributed by atoms with van der Waals surface area (Å²) in [5.74, 6) is 2.32. The Labute approximate surface area is 332 Å². The number of hydrogen-bond donors (Lipinski definition) is 4. The Hall–Kier alpha value is -5.99. The number of aromatic nitrogens is 8. The van der Waals surface area contributed by atoms with E-state index in [9.17, 15) is 5.26 Å². The lowest BCUT2D eigenvalue weighted by Gasteiger charge is -2.34. The monoisotopic (exact) mass is 787 g/mol. The fourth-order valence-electron chi connectivity index (χ4n) is 8.61. The topological polar surface area (TPSA) is 177 Å². The maximum Gasteiger partial charge on any atom is 0.157 e. The maximum absolute atomic E-state index is 16.1. The number of ether oxygens (including phenoxy) is 2. The van der Waals surface area contributed by atoms with Gasteiger partial charge in [-0.3, -0.25) is 0 Å². The van der Waals surface area contributed by atoms with Gasteiger partial charge >= 0.3 is 0 Å². The number of rotatable bonds is 11. The number of hydrogen-bond acceptors (Lipinski definition) is 13. The summed E-state index contributed by atoms with van der Waals surface area (Å²) < 4.78 is 46.1. The van der Waals surface area contributed by atoms with Crippen molar-refractivity contribution in [2.24, 2.45) is 5.92 Å². The van der Waals surface area contributed by atoms with Crippen LogP contribution in [0.5, 0.6) is 11.5 Å². The third-order valence-corrected chi connectivity index (χ3v) is 11.9. The molecule has 3 unspecified atom stereocenters. The molecule has 58 heavy (non-hydrogen) atoms. The zero-order valence-corrected chi connectivity index (χ0v) is 32.1. The van der Waals surface area contributed by atoms with Gasteiger partial charge in [0, 0.05) is 49.1 Å². The Bertz CT molecular complexity index is 2560. The number of piperidine rings is 2. The number of nitriles is 1. The normalized spacial score (nSPS) is 24.4. The van der Waals surface area contributed by atoms with Crippen LogP contribution >= 0.6 is 0 Å². The van der Waals surface area contributed by atoms with E-state index in [-0.39, 0.29) is 36.0 Å². The third-order valence-electron chi connectivity index (χ3n) is 11.9. The first-order chi connectivity index (χ1) is 28.4. The van der Waals surface area contributed by atoms with Gasteiger partial charge in [0.15, 0.2) is 17.1 Å². The number of imidazole rings is 2. The highest BCUT2D eigenvalue weighted by atomic mass is 19.1. The molecule has 2 saturated carbocycles. The molecule has 6 atom stereocenters. The summed E-state index contributed by atoms with van der Waals surface area (Å²) in [6.07, 6.45) is 7.31. The predicted octanol–water partition coefficient (Wildman–Crippen LogP) is 5.25. The van der Waals surface area contributed by atoms with E-state index in [0.29, 0.717) is 69.5 Å². The molecule has 17 heteroatoms. The van der Waals surface area contributed by atoms with Crippen molar-refractivity contribution < 1.29 is 18.3 Å². The largest absolute Gasteiger partial charge is 0.495 e. The highest BCUT2D eigenvalue weighted by Gasteiger charge is 2.49. The molecule has 2 aliphatic carbocycles. The molecule has 2 aliphatic heterocycles.